The van der Waals surface area contributed by atoms with Gasteiger partial charge in [-0.15, -0.1) is 0 Å². The summed E-state index contributed by atoms with van der Waals surface area (Å²) in [6.45, 7) is 0. The Hall–Kier alpha value is -2.22. The summed E-state index contributed by atoms with van der Waals surface area (Å²) in [4.78, 5) is 0. The van der Waals surface area contributed by atoms with Crippen LogP contribution >= 0.6 is 19.5 Å². The maximum Gasteiger partial charge on any atom is 0.557 e. The van der Waals surface area contributed by atoms with E-state index in [0.29, 0.717) is 17.2 Å². The highest BCUT2D eigenvalue weighted by atomic mass is 35.5. The van der Waals surface area contributed by atoms with Crippen LogP contribution in [0.3, 0.4) is 0 Å². The zero-order chi connectivity index (χ0) is 16.7. The van der Waals surface area contributed by atoms with E-state index in [1.165, 1.54) is 0 Å². The zero-order valence-corrected chi connectivity index (χ0v) is 14.6. The summed E-state index contributed by atoms with van der Waals surface area (Å²) < 4.78 is 18.3. The van der Waals surface area contributed by atoms with Crippen molar-refractivity contribution in [3.05, 3.63) is 91.0 Å². The molecule has 122 valence electrons. The van der Waals surface area contributed by atoms with Gasteiger partial charge in [-0.05, 0) is 36.4 Å². The molecule has 24 heavy (non-hydrogen) atoms. The monoisotopic (exact) mass is 359 g/mol. The van der Waals surface area contributed by atoms with Crippen LogP contribution in [0.4, 0.5) is 0 Å². The van der Waals surface area contributed by atoms with E-state index in [9.17, 15) is 0 Å². The highest BCUT2D eigenvalue weighted by Gasteiger charge is 2.49. The second-order valence-corrected chi connectivity index (χ2v) is 7.67. The molecule has 0 unspecified atom stereocenters. The fourth-order valence-corrected chi connectivity index (χ4v) is 4.08. The molecule has 3 nitrogen and oxygen atoms in total. The molecule has 0 spiro atoms. The first-order chi connectivity index (χ1) is 11.8. The molecule has 0 amide bonds. The summed E-state index contributed by atoms with van der Waals surface area (Å²) in [5, 5.41) is 0. The molecular formula is C19H17ClO3P+. The van der Waals surface area contributed by atoms with E-state index in [0.717, 1.165) is 0 Å². The lowest BCUT2D eigenvalue weighted by atomic mass is 10.3. The lowest BCUT2D eigenvalue weighted by Crippen LogP contribution is -2.16. The van der Waals surface area contributed by atoms with Crippen molar-refractivity contribution in [3.63, 3.8) is 0 Å². The normalized spacial score (nSPS) is 10.9. The van der Waals surface area contributed by atoms with Gasteiger partial charge in [-0.3, -0.25) is 13.6 Å². The predicted molar refractivity (Wildman–Crippen MR) is 98.9 cm³/mol. The highest BCUT2D eigenvalue weighted by molar-refractivity contribution is 7.64. The van der Waals surface area contributed by atoms with Gasteiger partial charge in [-0.25, -0.2) is 0 Å². The largest absolute Gasteiger partial charge is 0.557 e. The van der Waals surface area contributed by atoms with Crippen LogP contribution in [0.25, 0.3) is 0 Å². The lowest BCUT2D eigenvalue weighted by Gasteiger charge is -2.21. The van der Waals surface area contributed by atoms with Gasteiger partial charge in [0.1, 0.15) is 0 Å². The van der Waals surface area contributed by atoms with Gasteiger partial charge in [0.15, 0.2) is 17.2 Å². The van der Waals surface area contributed by atoms with Gasteiger partial charge in [0.05, 0.1) is 0 Å². The van der Waals surface area contributed by atoms with E-state index >= 15 is 0 Å². The zero-order valence-electron chi connectivity index (χ0n) is 12.9. The standard InChI is InChI=1S/C19H17ClO3P/c20-16-24(21-17-10-4-1-5-11-17,22-18-12-6-2-7-13-18)23-19-14-8-3-9-15-19/h1-15H,16H2/q+1. The van der Waals surface area contributed by atoms with Crippen LogP contribution in [-0.4, -0.2) is 5.62 Å². The molecule has 0 aliphatic heterocycles. The first-order valence-corrected chi connectivity index (χ1v) is 9.74. The molecule has 3 rings (SSSR count). The Morgan fingerprint density at radius 2 is 0.833 bits per heavy atom. The molecule has 0 fully saturated rings. The Morgan fingerprint density at radius 1 is 0.542 bits per heavy atom. The van der Waals surface area contributed by atoms with Crippen LogP contribution in [0, 0.1) is 0 Å². The first kappa shape index (κ1) is 16.6. The summed E-state index contributed by atoms with van der Waals surface area (Å²) >= 11 is 6.25. The Bertz CT molecular complexity index is 637. The van der Waals surface area contributed by atoms with Crippen molar-refractivity contribution in [2.45, 2.75) is 0 Å². The van der Waals surface area contributed by atoms with Crippen LogP contribution in [-0.2, 0) is 0 Å². The second kappa shape index (κ2) is 8.05. The minimum absolute atomic E-state index is 0.0890. The van der Waals surface area contributed by atoms with E-state index in [4.69, 9.17) is 25.2 Å². The molecular weight excluding hydrogens is 343 g/mol. The summed E-state index contributed by atoms with van der Waals surface area (Å²) in [7, 11) is -2.88. The molecule has 0 N–H and O–H groups in total. The molecule has 0 aliphatic rings. The molecule has 0 heterocycles. The molecule has 0 radical (unpaired) electrons. The Kier molecular flexibility index (Phi) is 5.58. The highest BCUT2D eigenvalue weighted by Crippen LogP contribution is 2.61. The molecule has 0 aromatic heterocycles. The van der Waals surface area contributed by atoms with Gasteiger partial charge in [0.2, 0.25) is 5.62 Å². The van der Waals surface area contributed by atoms with Crippen LogP contribution < -0.4 is 13.6 Å². The summed E-state index contributed by atoms with van der Waals surface area (Å²) in [5.74, 6) is 1.95. The van der Waals surface area contributed by atoms with Gasteiger partial charge in [0.25, 0.3) is 0 Å². The molecule has 0 saturated carbocycles. The molecule has 0 atom stereocenters. The number of hydrogen-bond donors (Lipinski definition) is 0. The van der Waals surface area contributed by atoms with Crippen molar-refractivity contribution < 1.29 is 13.6 Å². The molecule has 3 aromatic rings. The second-order valence-electron chi connectivity index (χ2n) is 4.94. The number of halogens is 1. The van der Waals surface area contributed by atoms with Crippen LogP contribution in [0.5, 0.6) is 17.2 Å². The smallest absolute Gasteiger partial charge is 0.271 e. The third kappa shape index (κ3) is 4.41. The van der Waals surface area contributed by atoms with Crippen molar-refractivity contribution in [3.8, 4) is 17.2 Å². The molecule has 0 bridgehead atoms. The van der Waals surface area contributed by atoms with Crippen LogP contribution in [0.15, 0.2) is 91.0 Å². The van der Waals surface area contributed by atoms with Crippen molar-refractivity contribution in [2.24, 2.45) is 0 Å². The van der Waals surface area contributed by atoms with E-state index in [1.807, 2.05) is 91.0 Å². The first-order valence-electron chi connectivity index (χ1n) is 7.48. The minimum atomic E-state index is -2.88. The molecule has 5 heteroatoms. The van der Waals surface area contributed by atoms with Gasteiger partial charge in [0, 0.05) is 0 Å². The fraction of sp³-hybridized carbons (Fsp3) is 0.0526. The summed E-state index contributed by atoms with van der Waals surface area (Å²) in [6.07, 6.45) is 0. The van der Waals surface area contributed by atoms with E-state index in [1.54, 1.807) is 0 Å². The van der Waals surface area contributed by atoms with Gasteiger partial charge >= 0.3 is 7.94 Å². The predicted octanol–water partition coefficient (Wildman–Crippen LogP) is 6.18. The topological polar surface area (TPSA) is 27.7 Å². The average molecular weight is 360 g/mol. The maximum absolute atomic E-state index is 6.25. The van der Waals surface area contributed by atoms with Gasteiger partial charge < -0.3 is 0 Å². The SMILES string of the molecule is ClC[P+](Oc1ccccc1)(Oc1ccccc1)Oc1ccccc1. The Balaban J connectivity index is 1.91. The van der Waals surface area contributed by atoms with Crippen molar-refractivity contribution in [1.82, 2.24) is 0 Å². The Labute approximate surface area is 147 Å². The molecule has 0 saturated heterocycles. The number of benzene rings is 3. The van der Waals surface area contributed by atoms with Crippen molar-refractivity contribution >= 4 is 19.5 Å². The number of alkyl halides is 1. The Morgan fingerprint density at radius 3 is 1.08 bits per heavy atom. The van der Waals surface area contributed by atoms with Crippen molar-refractivity contribution in [1.29, 1.82) is 0 Å². The lowest BCUT2D eigenvalue weighted by molar-refractivity contribution is 0.360. The number of hydrogen-bond acceptors (Lipinski definition) is 3. The summed E-state index contributed by atoms with van der Waals surface area (Å²) in [5.41, 5.74) is 0.0890. The van der Waals surface area contributed by atoms with Gasteiger partial charge in [-0.2, -0.15) is 0 Å². The van der Waals surface area contributed by atoms with Gasteiger partial charge in [-0.1, -0.05) is 66.2 Å². The fourth-order valence-electron chi connectivity index (χ4n) is 2.05. The van der Waals surface area contributed by atoms with E-state index in [-0.39, 0.29) is 5.62 Å². The van der Waals surface area contributed by atoms with E-state index < -0.39 is 7.94 Å². The molecule has 0 aliphatic carbocycles. The minimum Gasteiger partial charge on any atom is -0.271 e. The third-order valence-corrected chi connectivity index (χ3v) is 5.75. The number of rotatable bonds is 7. The van der Waals surface area contributed by atoms with Crippen molar-refractivity contribution in [2.75, 3.05) is 5.62 Å². The third-order valence-electron chi connectivity index (χ3n) is 3.11. The quantitative estimate of drug-likeness (QED) is 0.372. The average Bonchev–Trinajstić information content (AvgIpc) is 2.64. The number of para-hydroxylation sites is 3. The maximum atomic E-state index is 6.25. The summed E-state index contributed by atoms with van der Waals surface area (Å²) in [6, 6.07) is 28.2. The van der Waals surface area contributed by atoms with Crippen LogP contribution in [0.2, 0.25) is 0 Å². The molecule has 3 aromatic carbocycles. The van der Waals surface area contributed by atoms with E-state index in [2.05, 4.69) is 0 Å². The van der Waals surface area contributed by atoms with Crippen LogP contribution in [0.1, 0.15) is 0 Å².